The summed E-state index contributed by atoms with van der Waals surface area (Å²) in [5.74, 6) is 0.630. The molecule has 78 valence electrons. The van der Waals surface area contributed by atoms with Crippen LogP contribution in [-0.2, 0) is 0 Å². The minimum absolute atomic E-state index is 0.630. The smallest absolute Gasteiger partial charge is 0.214 e. The summed E-state index contributed by atoms with van der Waals surface area (Å²) in [5, 5.41) is 13.9. The Hall–Kier alpha value is -2.08. The van der Waals surface area contributed by atoms with Crippen LogP contribution in [0.15, 0.2) is 36.7 Å². The van der Waals surface area contributed by atoms with Gasteiger partial charge in [-0.05, 0) is 35.0 Å². The van der Waals surface area contributed by atoms with Crippen molar-refractivity contribution >= 4 is 11.3 Å². The van der Waals surface area contributed by atoms with E-state index in [4.69, 9.17) is 0 Å². The van der Waals surface area contributed by atoms with E-state index in [0.717, 1.165) is 10.4 Å². The molecule has 0 spiro atoms. The van der Waals surface area contributed by atoms with Crippen LogP contribution in [0, 0.1) is 0 Å². The first kappa shape index (κ1) is 9.17. The Bertz CT molecular complexity index is 572. The summed E-state index contributed by atoms with van der Waals surface area (Å²) in [6, 6.07) is 7.99. The predicted octanol–water partition coefficient (Wildman–Crippen LogP) is 1.99. The van der Waals surface area contributed by atoms with Gasteiger partial charge in [0, 0.05) is 17.3 Å². The minimum atomic E-state index is 0.630. The van der Waals surface area contributed by atoms with Crippen LogP contribution in [0.25, 0.3) is 21.1 Å². The molecular weight excluding hydrogens is 222 g/mol. The Morgan fingerprint density at radius 2 is 1.81 bits per heavy atom. The van der Waals surface area contributed by atoms with E-state index in [0.29, 0.717) is 5.82 Å². The average Bonchev–Trinajstić information content (AvgIpc) is 3.01. The maximum atomic E-state index is 3.99. The Balaban J connectivity index is 2.00. The maximum Gasteiger partial charge on any atom is 0.214 e. The summed E-state index contributed by atoms with van der Waals surface area (Å²) >= 11 is 1.63. The van der Waals surface area contributed by atoms with E-state index in [9.17, 15) is 0 Å². The molecule has 0 fully saturated rings. The largest absolute Gasteiger partial charge is 0.265 e. The second kappa shape index (κ2) is 3.82. The number of hydrogen-bond acceptors (Lipinski definition) is 5. The molecule has 3 heterocycles. The molecule has 0 aromatic carbocycles. The van der Waals surface area contributed by atoms with Gasteiger partial charge in [0.1, 0.15) is 0 Å². The van der Waals surface area contributed by atoms with Crippen LogP contribution in [-0.4, -0.2) is 25.6 Å². The van der Waals surface area contributed by atoms with Crippen LogP contribution in [0.3, 0.4) is 0 Å². The zero-order valence-corrected chi connectivity index (χ0v) is 8.98. The molecule has 5 nitrogen and oxygen atoms in total. The molecule has 1 N–H and O–H groups in total. The van der Waals surface area contributed by atoms with Crippen molar-refractivity contribution in [2.75, 3.05) is 0 Å². The highest BCUT2D eigenvalue weighted by Crippen LogP contribution is 2.31. The fourth-order valence-corrected chi connectivity index (χ4v) is 2.34. The third-order valence-electron chi connectivity index (χ3n) is 2.14. The molecule has 3 aromatic rings. The van der Waals surface area contributed by atoms with Crippen molar-refractivity contribution in [3.8, 4) is 21.1 Å². The number of pyridine rings is 1. The van der Waals surface area contributed by atoms with Crippen LogP contribution in [0.4, 0.5) is 0 Å². The second-order valence-corrected chi connectivity index (χ2v) is 4.22. The molecule has 0 aliphatic carbocycles. The summed E-state index contributed by atoms with van der Waals surface area (Å²) in [4.78, 5) is 6.16. The monoisotopic (exact) mass is 229 g/mol. The van der Waals surface area contributed by atoms with E-state index in [1.165, 1.54) is 4.88 Å². The van der Waals surface area contributed by atoms with Gasteiger partial charge in [-0.3, -0.25) is 4.98 Å². The molecule has 0 aliphatic heterocycles. The zero-order valence-electron chi connectivity index (χ0n) is 8.16. The molecule has 3 aromatic heterocycles. The maximum absolute atomic E-state index is 3.99. The molecular formula is C10H7N5S. The predicted molar refractivity (Wildman–Crippen MR) is 60.7 cm³/mol. The lowest BCUT2D eigenvalue weighted by atomic mass is 10.2. The summed E-state index contributed by atoms with van der Waals surface area (Å²) in [6.45, 7) is 0. The van der Waals surface area contributed by atoms with E-state index in [-0.39, 0.29) is 0 Å². The zero-order chi connectivity index (χ0) is 10.8. The van der Waals surface area contributed by atoms with Gasteiger partial charge in [0.25, 0.3) is 0 Å². The number of nitrogens with zero attached hydrogens (tertiary/aromatic N) is 4. The topological polar surface area (TPSA) is 67.3 Å². The van der Waals surface area contributed by atoms with E-state index in [2.05, 4.69) is 25.6 Å². The van der Waals surface area contributed by atoms with Crippen LogP contribution >= 0.6 is 11.3 Å². The van der Waals surface area contributed by atoms with Gasteiger partial charge in [0.15, 0.2) is 0 Å². The summed E-state index contributed by atoms with van der Waals surface area (Å²) < 4.78 is 0. The van der Waals surface area contributed by atoms with Crippen LogP contribution in [0.2, 0.25) is 0 Å². The Kier molecular flexibility index (Phi) is 2.19. The fraction of sp³-hybridized carbons (Fsp3) is 0. The molecule has 16 heavy (non-hydrogen) atoms. The van der Waals surface area contributed by atoms with Crippen molar-refractivity contribution < 1.29 is 0 Å². The van der Waals surface area contributed by atoms with Gasteiger partial charge in [-0.1, -0.05) is 0 Å². The second-order valence-electron chi connectivity index (χ2n) is 3.14. The highest BCUT2D eigenvalue weighted by atomic mass is 32.1. The first-order chi connectivity index (χ1) is 7.93. The lowest BCUT2D eigenvalue weighted by Crippen LogP contribution is -1.73. The SMILES string of the molecule is c1cc(-c2ccc(-c3nn[nH]n3)s2)ccn1. The molecule has 0 radical (unpaired) electrons. The van der Waals surface area contributed by atoms with Gasteiger partial charge < -0.3 is 0 Å². The highest BCUT2D eigenvalue weighted by Gasteiger charge is 2.07. The molecule has 0 unspecified atom stereocenters. The van der Waals surface area contributed by atoms with E-state index in [1.54, 1.807) is 23.7 Å². The molecule has 6 heteroatoms. The van der Waals surface area contributed by atoms with E-state index in [1.807, 2.05) is 24.3 Å². The van der Waals surface area contributed by atoms with Crippen molar-refractivity contribution in [3.05, 3.63) is 36.7 Å². The summed E-state index contributed by atoms with van der Waals surface area (Å²) in [6.07, 6.45) is 3.56. The van der Waals surface area contributed by atoms with E-state index >= 15 is 0 Å². The van der Waals surface area contributed by atoms with Crippen molar-refractivity contribution in [3.63, 3.8) is 0 Å². The molecule has 0 bridgehead atoms. The van der Waals surface area contributed by atoms with Crippen molar-refractivity contribution in [2.45, 2.75) is 0 Å². The third-order valence-corrected chi connectivity index (χ3v) is 3.27. The Morgan fingerprint density at radius 3 is 2.56 bits per heavy atom. The minimum Gasteiger partial charge on any atom is -0.265 e. The lowest BCUT2D eigenvalue weighted by Gasteiger charge is -1.93. The number of H-pyrrole nitrogens is 1. The number of nitrogens with one attached hydrogen (secondary N) is 1. The first-order valence-corrected chi connectivity index (χ1v) is 5.49. The van der Waals surface area contributed by atoms with Crippen LogP contribution in [0.5, 0.6) is 0 Å². The van der Waals surface area contributed by atoms with Crippen molar-refractivity contribution in [1.29, 1.82) is 0 Å². The van der Waals surface area contributed by atoms with E-state index < -0.39 is 0 Å². The number of aromatic nitrogens is 5. The van der Waals surface area contributed by atoms with Crippen molar-refractivity contribution in [1.82, 2.24) is 25.6 Å². The summed E-state index contributed by atoms with van der Waals surface area (Å²) in [5.41, 5.74) is 1.15. The lowest BCUT2D eigenvalue weighted by molar-refractivity contribution is 0.881. The van der Waals surface area contributed by atoms with Gasteiger partial charge in [0.2, 0.25) is 5.82 Å². The number of tetrazole rings is 1. The Morgan fingerprint density at radius 1 is 1.00 bits per heavy atom. The standard InChI is InChI=1S/C10H7N5S/c1-2-9(10-12-14-15-13-10)16-8(1)7-3-5-11-6-4-7/h1-6H,(H,12,13,14,15). The quantitative estimate of drug-likeness (QED) is 0.729. The molecule has 0 aliphatic rings. The third kappa shape index (κ3) is 1.59. The van der Waals surface area contributed by atoms with Gasteiger partial charge in [-0.15, -0.1) is 21.5 Å². The van der Waals surface area contributed by atoms with Crippen molar-refractivity contribution in [2.24, 2.45) is 0 Å². The normalized spacial score (nSPS) is 10.5. The van der Waals surface area contributed by atoms with Gasteiger partial charge in [0.05, 0.1) is 4.88 Å². The number of thiophene rings is 1. The number of aromatic amines is 1. The van der Waals surface area contributed by atoms with Crippen LogP contribution in [0.1, 0.15) is 0 Å². The average molecular weight is 229 g/mol. The molecule has 0 saturated carbocycles. The van der Waals surface area contributed by atoms with Crippen LogP contribution < -0.4 is 0 Å². The molecule has 0 amide bonds. The fourth-order valence-electron chi connectivity index (χ4n) is 1.40. The molecule has 0 saturated heterocycles. The van der Waals surface area contributed by atoms with Gasteiger partial charge >= 0.3 is 0 Å². The molecule has 0 atom stereocenters. The first-order valence-electron chi connectivity index (χ1n) is 4.67. The number of rotatable bonds is 2. The number of hydrogen-bond donors (Lipinski definition) is 1. The molecule has 3 rings (SSSR count). The summed E-state index contributed by atoms with van der Waals surface area (Å²) in [7, 11) is 0. The highest BCUT2D eigenvalue weighted by molar-refractivity contribution is 7.18. The Labute approximate surface area is 95.2 Å². The van der Waals surface area contributed by atoms with Gasteiger partial charge in [-0.25, -0.2) is 0 Å². The van der Waals surface area contributed by atoms with Gasteiger partial charge in [-0.2, -0.15) is 5.21 Å².